The van der Waals surface area contributed by atoms with Crippen LogP contribution in [0.5, 0.6) is 11.5 Å². The van der Waals surface area contributed by atoms with Crippen LogP contribution in [0.4, 0.5) is 4.39 Å². The maximum Gasteiger partial charge on any atom is 0.222 e. The molecule has 0 saturated carbocycles. The van der Waals surface area contributed by atoms with E-state index in [2.05, 4.69) is 31.4 Å². The molecule has 1 atom stereocenters. The van der Waals surface area contributed by atoms with E-state index in [0.717, 1.165) is 11.1 Å². The molecule has 0 fully saturated rings. The molecule has 4 rings (SSSR count). The summed E-state index contributed by atoms with van der Waals surface area (Å²) < 4.78 is 23.7. The fraction of sp³-hybridized carbons (Fsp3) is 0.0833. The summed E-state index contributed by atoms with van der Waals surface area (Å²) in [5, 5.41) is 25.3. The van der Waals surface area contributed by atoms with Crippen molar-refractivity contribution in [2.45, 2.75) is 10.4 Å². The summed E-state index contributed by atoms with van der Waals surface area (Å²) in [6, 6.07) is 14.0. The van der Waals surface area contributed by atoms with Gasteiger partial charge in [0.05, 0.1) is 22.5 Å². The molecular weight excluding hydrogens is 485 g/mol. The van der Waals surface area contributed by atoms with Gasteiger partial charge in [-0.25, -0.2) is 14.7 Å². The summed E-state index contributed by atoms with van der Waals surface area (Å²) in [4.78, 5) is 9.13. The number of allylic oxidation sites excluding steroid dienone is 1. The number of nitrogens with zero attached hydrogens (tertiary/aromatic N) is 3. The summed E-state index contributed by atoms with van der Waals surface area (Å²) in [5.41, 5.74) is 1.84. The Morgan fingerprint density at radius 2 is 2.17 bits per heavy atom. The lowest BCUT2D eigenvalue weighted by Gasteiger charge is -2.16. The van der Waals surface area contributed by atoms with Gasteiger partial charge in [-0.3, -0.25) is 0 Å². The summed E-state index contributed by atoms with van der Waals surface area (Å²) in [7, 11) is 1.69. The Bertz CT molecular complexity index is 1330. The van der Waals surface area contributed by atoms with E-state index in [1.54, 1.807) is 55.2 Å². The minimum Gasteiger partial charge on any atom is -0.454 e. The van der Waals surface area contributed by atoms with Gasteiger partial charge in [-0.15, -0.1) is 0 Å². The van der Waals surface area contributed by atoms with Gasteiger partial charge < -0.3 is 20.8 Å². The Morgan fingerprint density at radius 3 is 2.89 bits per heavy atom. The summed E-state index contributed by atoms with van der Waals surface area (Å²) in [6.45, 7) is 0. The Morgan fingerprint density at radius 1 is 1.31 bits per heavy atom. The average Bonchev–Trinajstić information content (AvgIpc) is 3.41. The lowest BCUT2D eigenvalue weighted by molar-refractivity contribution is 0.476. The van der Waals surface area contributed by atoms with Crippen LogP contribution in [-0.2, 0) is 0 Å². The van der Waals surface area contributed by atoms with Crippen molar-refractivity contribution in [1.82, 2.24) is 25.3 Å². The predicted octanol–water partition coefficient (Wildman–Crippen LogP) is 4.84. The van der Waals surface area contributed by atoms with Crippen LogP contribution in [0.1, 0.15) is 11.3 Å². The number of benzene rings is 1. The van der Waals surface area contributed by atoms with Crippen LogP contribution in [0.25, 0.3) is 17.0 Å². The van der Waals surface area contributed by atoms with Gasteiger partial charge in [0.15, 0.2) is 5.75 Å². The third-order valence-electron chi connectivity index (χ3n) is 4.77. The van der Waals surface area contributed by atoms with E-state index in [0.29, 0.717) is 34.1 Å². The van der Waals surface area contributed by atoms with Gasteiger partial charge in [0.2, 0.25) is 5.95 Å². The van der Waals surface area contributed by atoms with Crippen molar-refractivity contribution in [3.05, 3.63) is 83.6 Å². The van der Waals surface area contributed by atoms with E-state index >= 15 is 0 Å². The zero-order valence-corrected chi connectivity index (χ0v) is 20.1. The molecule has 11 heteroatoms. The number of hydrogen-bond donors (Lipinski definition) is 4. The van der Waals surface area contributed by atoms with Crippen molar-refractivity contribution < 1.29 is 9.13 Å². The molecule has 35 heavy (non-hydrogen) atoms. The highest BCUT2D eigenvalue weighted by Crippen LogP contribution is 2.34. The predicted molar refractivity (Wildman–Crippen MR) is 137 cm³/mol. The second-order valence-corrected chi connectivity index (χ2v) is 8.89. The molecular formula is C24H20FN7OS2. The molecule has 1 unspecified atom stereocenters. The highest BCUT2D eigenvalue weighted by Gasteiger charge is 2.17. The van der Waals surface area contributed by atoms with Crippen LogP contribution in [0.2, 0.25) is 0 Å². The van der Waals surface area contributed by atoms with Crippen molar-refractivity contribution in [3.63, 3.8) is 0 Å². The number of thioether (sulfide) groups is 1. The Labute approximate surface area is 210 Å². The Kier molecular flexibility index (Phi) is 7.99. The normalized spacial score (nSPS) is 14.8. The molecule has 1 aliphatic rings. The molecule has 0 aliphatic carbocycles. The number of ether oxygens (including phenoxy) is 1. The van der Waals surface area contributed by atoms with Crippen LogP contribution in [0.15, 0.2) is 71.2 Å². The van der Waals surface area contributed by atoms with E-state index in [1.165, 1.54) is 24.2 Å². The van der Waals surface area contributed by atoms with E-state index in [9.17, 15) is 9.65 Å². The van der Waals surface area contributed by atoms with Crippen LogP contribution in [-0.4, -0.2) is 28.7 Å². The smallest absolute Gasteiger partial charge is 0.222 e. The number of nitriles is 1. The van der Waals surface area contributed by atoms with E-state index in [1.807, 2.05) is 17.7 Å². The van der Waals surface area contributed by atoms with Crippen LogP contribution >= 0.6 is 23.7 Å². The van der Waals surface area contributed by atoms with Crippen LogP contribution in [0.3, 0.4) is 0 Å². The van der Waals surface area contributed by atoms with Gasteiger partial charge in [-0.05, 0) is 65.9 Å². The van der Waals surface area contributed by atoms with E-state index in [4.69, 9.17) is 10.1 Å². The standard InChI is InChI=1S/C24H20FN7OS2/c1-28-19(8-9-26)22-21(7-5-18(31-22)17-3-2-10-29-23(17)25)33-20-6-4-16(13-15(20)14-27)35-32-24-30-11-12-34-24/h2-13,24,26,28,30,32H,1H3/b19-8-,26-9?. The molecule has 0 amide bonds. The molecule has 1 aromatic carbocycles. The monoisotopic (exact) mass is 505 g/mol. The molecule has 3 aromatic rings. The number of halogens is 1. The first-order valence-electron chi connectivity index (χ1n) is 10.3. The van der Waals surface area contributed by atoms with Gasteiger partial charge in [0.25, 0.3) is 0 Å². The third-order valence-corrected chi connectivity index (χ3v) is 6.58. The van der Waals surface area contributed by atoms with Gasteiger partial charge in [0, 0.05) is 30.6 Å². The maximum atomic E-state index is 14.3. The fourth-order valence-corrected chi connectivity index (χ4v) is 4.61. The first-order valence-corrected chi connectivity index (χ1v) is 12.1. The van der Waals surface area contributed by atoms with Crippen molar-refractivity contribution >= 4 is 35.6 Å². The second-order valence-electron chi connectivity index (χ2n) is 6.96. The van der Waals surface area contributed by atoms with Gasteiger partial charge >= 0.3 is 0 Å². The number of aromatic nitrogens is 2. The molecule has 0 saturated heterocycles. The van der Waals surface area contributed by atoms with E-state index < -0.39 is 5.95 Å². The van der Waals surface area contributed by atoms with Crippen LogP contribution in [0, 0.1) is 22.7 Å². The molecule has 3 heterocycles. The largest absolute Gasteiger partial charge is 0.454 e. The van der Waals surface area contributed by atoms with Crippen molar-refractivity contribution in [2.75, 3.05) is 7.05 Å². The molecule has 4 N–H and O–H groups in total. The van der Waals surface area contributed by atoms with Gasteiger partial charge in [-0.1, -0.05) is 11.8 Å². The molecule has 0 bridgehead atoms. The topological polar surface area (TPSA) is 119 Å². The van der Waals surface area contributed by atoms with Gasteiger partial charge in [0.1, 0.15) is 23.0 Å². The molecule has 2 aromatic heterocycles. The van der Waals surface area contributed by atoms with Crippen LogP contribution < -0.4 is 20.1 Å². The summed E-state index contributed by atoms with van der Waals surface area (Å²) in [5.74, 6) is 0.0470. The number of hydrogen-bond acceptors (Lipinski definition) is 10. The SMILES string of the molecule is CN/C(=C\C=N)c1nc(-c2cccnc2F)ccc1Oc1ccc(SNC2NC=CS2)cc1C#N. The highest BCUT2D eigenvalue weighted by molar-refractivity contribution is 8.04. The van der Waals surface area contributed by atoms with E-state index in [-0.39, 0.29) is 11.1 Å². The number of pyridine rings is 2. The molecule has 1 aliphatic heterocycles. The number of nitrogens with one attached hydrogen (secondary N) is 4. The zero-order chi connectivity index (χ0) is 24.6. The molecule has 8 nitrogen and oxygen atoms in total. The summed E-state index contributed by atoms with van der Waals surface area (Å²) in [6.07, 6.45) is 5.86. The lowest BCUT2D eigenvalue weighted by Crippen LogP contribution is -2.28. The molecule has 0 radical (unpaired) electrons. The first-order chi connectivity index (χ1) is 17.1. The lowest BCUT2D eigenvalue weighted by atomic mass is 10.1. The number of rotatable bonds is 9. The van der Waals surface area contributed by atoms with Crippen molar-refractivity contribution in [2.24, 2.45) is 0 Å². The third kappa shape index (κ3) is 5.81. The first kappa shape index (κ1) is 24.3. The maximum absolute atomic E-state index is 14.3. The molecule has 176 valence electrons. The highest BCUT2D eigenvalue weighted by atomic mass is 32.2. The minimum atomic E-state index is -0.642. The zero-order valence-electron chi connectivity index (χ0n) is 18.4. The Hall–Kier alpha value is -3.85. The van der Waals surface area contributed by atoms with Crippen molar-refractivity contribution in [3.8, 4) is 28.8 Å². The van der Waals surface area contributed by atoms with Gasteiger partial charge in [-0.2, -0.15) is 9.65 Å². The quantitative estimate of drug-likeness (QED) is 0.184. The summed E-state index contributed by atoms with van der Waals surface area (Å²) >= 11 is 3.02. The second kappa shape index (κ2) is 11.5. The van der Waals surface area contributed by atoms with Crippen molar-refractivity contribution in [1.29, 1.82) is 10.7 Å². The molecule has 0 spiro atoms. The fourth-order valence-electron chi connectivity index (χ4n) is 3.15. The average molecular weight is 506 g/mol. The Balaban J connectivity index is 1.66. The minimum absolute atomic E-state index is 0.0545.